The highest BCUT2D eigenvalue weighted by atomic mass is 16.5. The van der Waals surface area contributed by atoms with Crippen molar-refractivity contribution in [2.75, 3.05) is 32.8 Å². The van der Waals surface area contributed by atoms with E-state index in [1.54, 1.807) is 13.4 Å². The molecule has 0 N–H and O–H groups in total. The van der Waals surface area contributed by atoms with Crippen LogP contribution in [0.5, 0.6) is 0 Å². The summed E-state index contributed by atoms with van der Waals surface area (Å²) in [6, 6.07) is 0. The zero-order valence-corrected chi connectivity index (χ0v) is 41.6. The first-order valence-electron chi connectivity index (χ1n) is 26.4. The molecule has 2 atom stereocenters. The zero-order valence-electron chi connectivity index (χ0n) is 41.6. The molecule has 0 saturated heterocycles. The molecule has 0 aliphatic rings. The third kappa shape index (κ3) is 23.7. The van der Waals surface area contributed by atoms with Crippen molar-refractivity contribution >= 4 is 23.1 Å². The number of ether oxygens (including phenoxy) is 2. The van der Waals surface area contributed by atoms with E-state index in [9.17, 15) is 19.2 Å². The predicted octanol–water partition coefficient (Wildman–Crippen LogP) is 12.2. The number of esters is 2. The number of imidazole rings is 1. The summed E-state index contributed by atoms with van der Waals surface area (Å²) in [5.41, 5.74) is 0.145. The van der Waals surface area contributed by atoms with Gasteiger partial charge in [-0.05, 0) is 64.5 Å². The molecule has 0 fully saturated rings. The molecule has 11 nitrogen and oxygen atoms in total. The van der Waals surface area contributed by atoms with Crippen LogP contribution in [0.3, 0.4) is 0 Å². The van der Waals surface area contributed by atoms with Crippen molar-refractivity contribution in [3.05, 3.63) is 27.2 Å². The van der Waals surface area contributed by atoms with E-state index in [4.69, 9.17) is 9.47 Å². The first-order valence-corrected chi connectivity index (χ1v) is 26.4. The number of carbonyl (C=O) groups is 2. The second-order valence-electron chi connectivity index (χ2n) is 18.7. The Kier molecular flexibility index (Phi) is 32.4. The van der Waals surface area contributed by atoms with Gasteiger partial charge < -0.3 is 18.9 Å². The average molecular weight is 886 g/mol. The lowest BCUT2D eigenvalue weighted by Crippen LogP contribution is -2.37. The summed E-state index contributed by atoms with van der Waals surface area (Å²) in [7, 11) is 3.19. The van der Waals surface area contributed by atoms with Gasteiger partial charge in [0.25, 0.3) is 5.56 Å². The summed E-state index contributed by atoms with van der Waals surface area (Å²) >= 11 is 0. The molecule has 0 aliphatic carbocycles. The number of hydrogen-bond donors (Lipinski definition) is 0. The van der Waals surface area contributed by atoms with E-state index in [1.807, 2.05) is 4.57 Å². The molecule has 2 aromatic heterocycles. The summed E-state index contributed by atoms with van der Waals surface area (Å²) in [6.07, 6.45) is 36.6. The summed E-state index contributed by atoms with van der Waals surface area (Å²) in [5.74, 6) is 0.113. The predicted molar refractivity (Wildman–Crippen MR) is 261 cm³/mol. The highest BCUT2D eigenvalue weighted by Crippen LogP contribution is 2.22. The van der Waals surface area contributed by atoms with Gasteiger partial charge in [-0.3, -0.25) is 23.5 Å². The van der Waals surface area contributed by atoms with E-state index in [0.717, 1.165) is 133 Å². The molecule has 2 unspecified atom stereocenters. The minimum Gasteiger partial charge on any atom is -0.465 e. The molecular formula is C52H95N5O6. The number of carbonyl (C=O) groups excluding carboxylic acids is 2. The maximum atomic E-state index is 13.1. The van der Waals surface area contributed by atoms with Crippen molar-refractivity contribution in [2.45, 2.75) is 233 Å². The van der Waals surface area contributed by atoms with Crippen molar-refractivity contribution in [1.29, 1.82) is 0 Å². The number of aromatic nitrogens is 4. The van der Waals surface area contributed by atoms with Crippen LogP contribution in [0.4, 0.5) is 0 Å². The minimum atomic E-state index is -0.370. The monoisotopic (exact) mass is 886 g/mol. The second kappa shape index (κ2) is 36.3. The SMILES string of the molecule is CCCCCCCCC(CCCCC)C(=O)OCCCCCCN(CCCCCCOC(=O)C(CCCCCC)CCCCCCCC)CCn1cnc2c(=O)n(C)c(=O)n(C)c21. The van der Waals surface area contributed by atoms with E-state index in [0.29, 0.717) is 30.9 Å². The van der Waals surface area contributed by atoms with Gasteiger partial charge >= 0.3 is 17.6 Å². The fourth-order valence-electron chi connectivity index (χ4n) is 8.91. The van der Waals surface area contributed by atoms with E-state index in [1.165, 1.54) is 102 Å². The molecule has 0 bridgehead atoms. The highest BCUT2D eigenvalue weighted by Gasteiger charge is 2.21. The van der Waals surface area contributed by atoms with Gasteiger partial charge in [0.1, 0.15) is 5.65 Å². The molecule has 0 aromatic carbocycles. The Labute approximate surface area is 383 Å². The standard InChI is InChI=1S/C52H95N5O6/c1-7-11-15-18-20-28-36-45(34-26-14-10-4)50(59)62-42-32-24-22-30-38-56(40-41-57-44-53-47-48(57)54(5)52(61)55(6)49(47)58)39-31-23-25-33-43-63-51(60)46(35-27-17-13-9-3)37-29-21-19-16-12-8-2/h44-46H,7-43H2,1-6H3. The van der Waals surface area contributed by atoms with Gasteiger partial charge in [-0.2, -0.15) is 0 Å². The molecule has 2 heterocycles. The smallest absolute Gasteiger partial charge is 0.332 e. The van der Waals surface area contributed by atoms with Crippen molar-refractivity contribution in [3.8, 4) is 0 Å². The fourth-order valence-corrected chi connectivity index (χ4v) is 8.91. The Bertz CT molecular complexity index is 1580. The zero-order chi connectivity index (χ0) is 45.9. The average Bonchev–Trinajstić information content (AvgIpc) is 3.72. The molecule has 2 rings (SSSR count). The van der Waals surface area contributed by atoms with Gasteiger partial charge in [0.15, 0.2) is 5.52 Å². The van der Waals surface area contributed by atoms with Crippen LogP contribution in [0, 0.1) is 11.8 Å². The summed E-state index contributed by atoms with van der Waals surface area (Å²) in [6.45, 7) is 13.2. The molecule has 0 saturated carbocycles. The van der Waals surface area contributed by atoms with Crippen LogP contribution in [-0.2, 0) is 39.7 Å². The third-order valence-corrected chi connectivity index (χ3v) is 13.1. The molecule has 63 heavy (non-hydrogen) atoms. The largest absolute Gasteiger partial charge is 0.465 e. The van der Waals surface area contributed by atoms with Gasteiger partial charge in [0, 0.05) is 27.2 Å². The maximum absolute atomic E-state index is 13.1. The number of hydrogen-bond acceptors (Lipinski definition) is 8. The number of aryl methyl sites for hydroxylation is 1. The Morgan fingerprint density at radius 1 is 0.524 bits per heavy atom. The molecule has 0 spiro atoms. The van der Waals surface area contributed by atoms with Crippen LogP contribution in [0.25, 0.3) is 11.2 Å². The van der Waals surface area contributed by atoms with Gasteiger partial charge in [0.2, 0.25) is 0 Å². The van der Waals surface area contributed by atoms with Crippen LogP contribution in [0.1, 0.15) is 227 Å². The first kappa shape index (κ1) is 56.2. The van der Waals surface area contributed by atoms with Crippen LogP contribution < -0.4 is 11.2 Å². The fraction of sp³-hybridized carbons (Fsp3) is 0.865. The Morgan fingerprint density at radius 2 is 0.905 bits per heavy atom. The molecule has 364 valence electrons. The van der Waals surface area contributed by atoms with Gasteiger partial charge in [-0.15, -0.1) is 0 Å². The van der Waals surface area contributed by atoms with Crippen molar-refractivity contribution in [2.24, 2.45) is 25.9 Å². The van der Waals surface area contributed by atoms with E-state index in [-0.39, 0.29) is 35.0 Å². The quantitative estimate of drug-likeness (QED) is 0.0478. The minimum absolute atomic E-state index is 0.0110. The maximum Gasteiger partial charge on any atom is 0.332 e. The van der Waals surface area contributed by atoms with Crippen LogP contribution in [-0.4, -0.2) is 68.4 Å². The van der Waals surface area contributed by atoms with Crippen molar-refractivity contribution < 1.29 is 19.1 Å². The van der Waals surface area contributed by atoms with Crippen LogP contribution in [0.2, 0.25) is 0 Å². The molecule has 0 amide bonds. The van der Waals surface area contributed by atoms with Gasteiger partial charge in [-0.1, -0.05) is 175 Å². The second-order valence-corrected chi connectivity index (χ2v) is 18.7. The third-order valence-electron chi connectivity index (χ3n) is 13.1. The molecule has 0 aliphatic heterocycles. The number of fused-ring (bicyclic) bond motifs is 1. The summed E-state index contributed by atoms with van der Waals surface area (Å²) in [4.78, 5) is 58.6. The lowest BCUT2D eigenvalue weighted by molar-refractivity contribution is -0.150. The van der Waals surface area contributed by atoms with Crippen LogP contribution >= 0.6 is 0 Å². The Hall–Kier alpha value is -2.95. The molecule has 11 heteroatoms. The topological polar surface area (TPSA) is 118 Å². The van der Waals surface area contributed by atoms with Crippen LogP contribution in [0.15, 0.2) is 15.9 Å². The number of nitrogens with zero attached hydrogens (tertiary/aromatic N) is 5. The Morgan fingerprint density at radius 3 is 1.38 bits per heavy atom. The van der Waals surface area contributed by atoms with Gasteiger partial charge in [-0.25, -0.2) is 9.78 Å². The van der Waals surface area contributed by atoms with E-state index >= 15 is 0 Å². The summed E-state index contributed by atoms with van der Waals surface area (Å²) < 4.78 is 16.3. The van der Waals surface area contributed by atoms with Crippen molar-refractivity contribution in [3.63, 3.8) is 0 Å². The van der Waals surface area contributed by atoms with E-state index in [2.05, 4.69) is 37.6 Å². The first-order chi connectivity index (χ1) is 30.7. The Balaban J connectivity index is 1.86. The number of unbranched alkanes of at least 4 members (excludes halogenated alkanes) is 21. The lowest BCUT2D eigenvalue weighted by Gasteiger charge is -2.23. The normalized spacial score (nSPS) is 12.7. The van der Waals surface area contributed by atoms with Gasteiger partial charge in [0.05, 0.1) is 31.4 Å². The lowest BCUT2D eigenvalue weighted by atomic mass is 9.94. The van der Waals surface area contributed by atoms with E-state index < -0.39 is 0 Å². The highest BCUT2D eigenvalue weighted by molar-refractivity contribution is 5.72. The molecular weight excluding hydrogens is 791 g/mol. The van der Waals surface area contributed by atoms with Crippen molar-refractivity contribution in [1.82, 2.24) is 23.6 Å². The molecule has 0 radical (unpaired) electrons. The number of rotatable bonds is 42. The summed E-state index contributed by atoms with van der Waals surface area (Å²) in [5, 5.41) is 0. The molecule has 2 aromatic rings.